The minimum Gasteiger partial charge on any atom is -0.469 e. The Balaban J connectivity index is 1.79. The van der Waals surface area contributed by atoms with Crippen LogP contribution in [0.3, 0.4) is 0 Å². The lowest BCUT2D eigenvalue weighted by atomic mass is 10.2. The number of ether oxygens (including phenoxy) is 2. The predicted octanol–water partition coefficient (Wildman–Crippen LogP) is -0.321. The average molecular weight is 294 g/mol. The first-order valence-electron chi connectivity index (χ1n) is 6.65. The minimum absolute atomic E-state index is 0.191. The zero-order valence-electron chi connectivity index (χ0n) is 11.8. The Morgan fingerprint density at radius 2 is 2.24 bits per heavy atom. The third-order valence-electron chi connectivity index (χ3n) is 3.03. The van der Waals surface area contributed by atoms with Crippen molar-refractivity contribution in [1.82, 2.24) is 14.9 Å². The van der Waals surface area contributed by atoms with Crippen LogP contribution in [0.1, 0.15) is 6.42 Å². The number of carbonyl (C=O) groups excluding carboxylic acids is 2. The highest BCUT2D eigenvalue weighted by Gasteiger charge is 2.24. The fourth-order valence-corrected chi connectivity index (χ4v) is 2.05. The maximum atomic E-state index is 11.9. The molecule has 2 rings (SSSR count). The molecule has 1 saturated heterocycles. The average Bonchev–Trinajstić information content (AvgIpc) is 2.48. The van der Waals surface area contributed by atoms with Crippen LogP contribution in [-0.2, 0) is 19.1 Å². The number of nitrogens with one attached hydrogen (secondary N) is 1. The SMILES string of the molecule is COC(=O)CC1CN(CC(=O)Nc2ncccn2)CCO1. The van der Waals surface area contributed by atoms with Gasteiger partial charge in [0.2, 0.25) is 11.9 Å². The second-order valence-corrected chi connectivity index (χ2v) is 4.63. The fraction of sp³-hybridized carbons (Fsp3) is 0.538. The molecule has 0 bridgehead atoms. The lowest BCUT2D eigenvalue weighted by Crippen LogP contribution is -2.46. The minimum atomic E-state index is -0.316. The van der Waals surface area contributed by atoms with Crippen molar-refractivity contribution in [2.24, 2.45) is 0 Å². The Bertz CT molecular complexity index is 482. The van der Waals surface area contributed by atoms with E-state index in [0.29, 0.717) is 19.7 Å². The molecule has 1 aromatic rings. The van der Waals surface area contributed by atoms with Crippen LogP contribution in [0, 0.1) is 0 Å². The van der Waals surface area contributed by atoms with Crippen molar-refractivity contribution in [3.05, 3.63) is 18.5 Å². The predicted molar refractivity (Wildman–Crippen MR) is 73.5 cm³/mol. The number of hydrogen-bond donors (Lipinski definition) is 1. The van der Waals surface area contributed by atoms with Crippen LogP contribution in [0.5, 0.6) is 0 Å². The normalized spacial score (nSPS) is 19.0. The molecule has 8 heteroatoms. The van der Waals surface area contributed by atoms with E-state index in [0.717, 1.165) is 0 Å². The topological polar surface area (TPSA) is 93.7 Å². The van der Waals surface area contributed by atoms with Crippen molar-refractivity contribution < 1.29 is 19.1 Å². The molecule has 0 aliphatic carbocycles. The van der Waals surface area contributed by atoms with E-state index in [9.17, 15) is 9.59 Å². The van der Waals surface area contributed by atoms with Gasteiger partial charge in [0.25, 0.3) is 0 Å². The monoisotopic (exact) mass is 294 g/mol. The van der Waals surface area contributed by atoms with Crippen LogP contribution >= 0.6 is 0 Å². The maximum absolute atomic E-state index is 11.9. The third kappa shape index (κ3) is 5.09. The molecule has 0 spiro atoms. The first-order chi connectivity index (χ1) is 10.2. The largest absolute Gasteiger partial charge is 0.469 e. The molecule has 2 heterocycles. The Kier molecular flexibility index (Phi) is 5.59. The van der Waals surface area contributed by atoms with Crippen molar-refractivity contribution in [2.75, 3.05) is 38.7 Å². The lowest BCUT2D eigenvalue weighted by molar-refractivity contribution is -0.145. The maximum Gasteiger partial charge on any atom is 0.308 e. The van der Waals surface area contributed by atoms with Gasteiger partial charge in [0.15, 0.2) is 0 Å². The van der Waals surface area contributed by atoms with Crippen LogP contribution in [0.4, 0.5) is 5.95 Å². The fourth-order valence-electron chi connectivity index (χ4n) is 2.05. The summed E-state index contributed by atoms with van der Waals surface area (Å²) < 4.78 is 10.1. The molecule has 1 fully saturated rings. The van der Waals surface area contributed by atoms with Crippen molar-refractivity contribution in [3.8, 4) is 0 Å². The number of rotatable bonds is 5. The molecule has 0 saturated carbocycles. The summed E-state index contributed by atoms with van der Waals surface area (Å²) in [5.41, 5.74) is 0. The van der Waals surface area contributed by atoms with Crippen LogP contribution in [0.15, 0.2) is 18.5 Å². The van der Waals surface area contributed by atoms with E-state index in [-0.39, 0.29) is 36.9 Å². The molecule has 1 N–H and O–H groups in total. The number of amides is 1. The Morgan fingerprint density at radius 1 is 1.48 bits per heavy atom. The van der Waals surface area contributed by atoms with Gasteiger partial charge in [-0.3, -0.25) is 19.8 Å². The molecule has 0 radical (unpaired) electrons. The van der Waals surface area contributed by atoms with E-state index >= 15 is 0 Å². The van der Waals surface area contributed by atoms with Gasteiger partial charge in [-0.1, -0.05) is 0 Å². The number of methoxy groups -OCH3 is 1. The molecule has 1 atom stereocenters. The van der Waals surface area contributed by atoms with Crippen LogP contribution in [0.2, 0.25) is 0 Å². The van der Waals surface area contributed by atoms with E-state index in [1.165, 1.54) is 7.11 Å². The van der Waals surface area contributed by atoms with Crippen molar-refractivity contribution in [1.29, 1.82) is 0 Å². The summed E-state index contributed by atoms with van der Waals surface area (Å²) in [4.78, 5) is 32.9. The van der Waals surface area contributed by atoms with Crippen molar-refractivity contribution >= 4 is 17.8 Å². The standard InChI is InChI=1S/C13H18N4O4/c1-20-12(19)7-10-8-17(5-6-21-10)9-11(18)16-13-14-3-2-4-15-13/h2-4,10H,5-9H2,1H3,(H,14,15,16,18). The molecule has 114 valence electrons. The smallest absolute Gasteiger partial charge is 0.308 e. The molecular formula is C13H18N4O4. The number of morpholine rings is 1. The number of anilines is 1. The van der Waals surface area contributed by atoms with Gasteiger partial charge in [-0.15, -0.1) is 0 Å². The zero-order chi connectivity index (χ0) is 15.1. The molecular weight excluding hydrogens is 276 g/mol. The Hall–Kier alpha value is -2.06. The summed E-state index contributed by atoms with van der Waals surface area (Å²) in [5.74, 6) is -0.231. The van der Waals surface area contributed by atoms with Crippen molar-refractivity contribution in [3.63, 3.8) is 0 Å². The molecule has 1 aliphatic heterocycles. The summed E-state index contributed by atoms with van der Waals surface area (Å²) in [6, 6.07) is 1.68. The van der Waals surface area contributed by atoms with Gasteiger partial charge in [-0.25, -0.2) is 9.97 Å². The number of carbonyl (C=O) groups is 2. The summed E-state index contributed by atoms with van der Waals surface area (Å²) >= 11 is 0. The van der Waals surface area contributed by atoms with Crippen LogP contribution < -0.4 is 5.32 Å². The molecule has 0 aromatic carbocycles. The van der Waals surface area contributed by atoms with Crippen LogP contribution in [-0.4, -0.2) is 66.2 Å². The highest BCUT2D eigenvalue weighted by Crippen LogP contribution is 2.09. The van der Waals surface area contributed by atoms with Gasteiger partial charge in [0.1, 0.15) is 0 Å². The van der Waals surface area contributed by atoms with Gasteiger partial charge in [-0.2, -0.15) is 0 Å². The number of hydrogen-bond acceptors (Lipinski definition) is 7. The van der Waals surface area contributed by atoms with Gasteiger partial charge >= 0.3 is 5.97 Å². The summed E-state index contributed by atoms with van der Waals surface area (Å²) in [7, 11) is 1.34. The van der Waals surface area contributed by atoms with E-state index in [4.69, 9.17) is 4.74 Å². The lowest BCUT2D eigenvalue weighted by Gasteiger charge is -2.31. The van der Waals surface area contributed by atoms with Gasteiger partial charge in [0, 0.05) is 25.5 Å². The van der Waals surface area contributed by atoms with Crippen molar-refractivity contribution in [2.45, 2.75) is 12.5 Å². The molecule has 1 aromatic heterocycles. The Labute approximate surface area is 122 Å². The molecule has 8 nitrogen and oxygen atoms in total. The highest BCUT2D eigenvalue weighted by molar-refractivity contribution is 5.90. The molecule has 1 unspecified atom stereocenters. The second-order valence-electron chi connectivity index (χ2n) is 4.63. The first kappa shape index (κ1) is 15.3. The third-order valence-corrected chi connectivity index (χ3v) is 3.03. The van der Waals surface area contributed by atoms with Gasteiger partial charge in [0.05, 0.1) is 32.8 Å². The second kappa shape index (κ2) is 7.65. The number of aromatic nitrogens is 2. The zero-order valence-corrected chi connectivity index (χ0v) is 11.8. The summed E-state index contributed by atoms with van der Waals surface area (Å²) in [5, 5.41) is 2.62. The van der Waals surface area contributed by atoms with E-state index in [1.54, 1.807) is 18.5 Å². The Morgan fingerprint density at radius 3 is 2.95 bits per heavy atom. The molecule has 1 amide bonds. The van der Waals surface area contributed by atoms with Gasteiger partial charge in [-0.05, 0) is 6.07 Å². The number of esters is 1. The van der Waals surface area contributed by atoms with E-state index in [2.05, 4.69) is 20.0 Å². The van der Waals surface area contributed by atoms with E-state index < -0.39 is 0 Å². The first-order valence-corrected chi connectivity index (χ1v) is 6.65. The van der Waals surface area contributed by atoms with Crippen LogP contribution in [0.25, 0.3) is 0 Å². The number of nitrogens with zero attached hydrogens (tertiary/aromatic N) is 3. The molecule has 21 heavy (non-hydrogen) atoms. The summed E-state index contributed by atoms with van der Waals surface area (Å²) in [6.07, 6.45) is 3.07. The van der Waals surface area contributed by atoms with E-state index in [1.807, 2.05) is 4.90 Å². The highest BCUT2D eigenvalue weighted by atomic mass is 16.5. The molecule has 1 aliphatic rings. The van der Waals surface area contributed by atoms with Gasteiger partial charge < -0.3 is 9.47 Å². The summed E-state index contributed by atoms with van der Waals surface area (Å²) in [6.45, 7) is 1.84. The quantitative estimate of drug-likeness (QED) is 0.744.